The van der Waals surface area contributed by atoms with Crippen LogP contribution < -0.4 is 0 Å². The molecule has 37 heavy (non-hydrogen) atoms. The number of aryl methyl sites for hydroxylation is 6. The lowest BCUT2D eigenvalue weighted by Gasteiger charge is -2.25. The van der Waals surface area contributed by atoms with Crippen molar-refractivity contribution in [2.45, 2.75) is 66.7 Å². The first-order valence-electron chi connectivity index (χ1n) is 13.4. The van der Waals surface area contributed by atoms with Crippen molar-refractivity contribution in [3.8, 4) is 0 Å². The van der Waals surface area contributed by atoms with Gasteiger partial charge in [-0.15, -0.1) is 0 Å². The molecule has 0 bridgehead atoms. The van der Waals surface area contributed by atoms with Gasteiger partial charge in [-0.3, -0.25) is 9.48 Å². The quantitative estimate of drug-likeness (QED) is 0.249. The molecule has 2 nitrogen and oxygen atoms in total. The summed E-state index contributed by atoms with van der Waals surface area (Å²) in [5.41, 5.74) is 13.7. The Morgan fingerprint density at radius 3 is 1.57 bits per heavy atom. The molecule has 0 radical (unpaired) electrons. The molecule has 1 heterocycles. The summed E-state index contributed by atoms with van der Waals surface area (Å²) in [6, 6.07) is 31.8. The number of rotatable bonds is 6. The van der Waals surface area contributed by atoms with Crippen LogP contribution in [0.15, 0.2) is 84.9 Å². The van der Waals surface area contributed by atoms with Crippen LogP contribution in [0.4, 0.5) is 0 Å². The average Bonchev–Trinajstić information content (AvgIpc) is 3.22. The van der Waals surface area contributed by atoms with E-state index < -0.39 is 0 Å². The van der Waals surface area contributed by atoms with E-state index in [4.69, 9.17) is 0 Å². The van der Waals surface area contributed by atoms with E-state index in [0.717, 1.165) is 13.1 Å². The molecule has 4 aromatic carbocycles. The lowest BCUT2D eigenvalue weighted by atomic mass is 9.91. The van der Waals surface area contributed by atoms with Gasteiger partial charge in [-0.2, -0.15) is 0 Å². The smallest absolute Gasteiger partial charge is 0.236 e. The van der Waals surface area contributed by atoms with E-state index in [1.54, 1.807) is 0 Å². The fourth-order valence-corrected chi connectivity index (χ4v) is 6.31. The zero-order valence-electron chi connectivity index (χ0n) is 23.1. The SMILES string of the molecule is Cc1cc(C)c(CN2C=[N+](Cc3c(C)cc(C)cc3C)[C@@H](c3ccccc3)[C@@H]2c2ccccc2)c(C)c1. The molecule has 2 heteroatoms. The van der Waals surface area contributed by atoms with Gasteiger partial charge in [0, 0.05) is 11.1 Å². The van der Waals surface area contributed by atoms with Crippen molar-refractivity contribution >= 4 is 6.34 Å². The molecule has 0 aromatic heterocycles. The molecule has 1 aliphatic rings. The van der Waals surface area contributed by atoms with Gasteiger partial charge in [0.1, 0.15) is 13.1 Å². The van der Waals surface area contributed by atoms with E-state index >= 15 is 0 Å². The molecule has 0 spiro atoms. The minimum absolute atomic E-state index is 0.217. The van der Waals surface area contributed by atoms with Gasteiger partial charge in [-0.1, -0.05) is 96.1 Å². The van der Waals surface area contributed by atoms with Crippen LogP contribution in [0.25, 0.3) is 0 Å². The number of nitrogens with zero attached hydrogens (tertiary/aromatic N) is 2. The Morgan fingerprint density at radius 2 is 1.05 bits per heavy atom. The van der Waals surface area contributed by atoms with Crippen LogP contribution in [0.2, 0.25) is 0 Å². The van der Waals surface area contributed by atoms with Crippen LogP contribution in [0.1, 0.15) is 67.7 Å². The van der Waals surface area contributed by atoms with Gasteiger partial charge in [-0.05, 0) is 74.9 Å². The van der Waals surface area contributed by atoms with Crippen molar-refractivity contribution in [3.63, 3.8) is 0 Å². The van der Waals surface area contributed by atoms with Crippen LogP contribution in [-0.2, 0) is 13.1 Å². The van der Waals surface area contributed by atoms with E-state index in [-0.39, 0.29) is 12.1 Å². The number of hydrogen-bond acceptors (Lipinski definition) is 1. The molecule has 5 rings (SSSR count). The largest absolute Gasteiger partial charge is 0.252 e. The molecule has 0 unspecified atom stereocenters. The second-order valence-corrected chi connectivity index (χ2v) is 10.9. The van der Waals surface area contributed by atoms with Crippen LogP contribution in [-0.4, -0.2) is 15.8 Å². The third kappa shape index (κ3) is 5.11. The first kappa shape index (κ1) is 25.0. The van der Waals surface area contributed by atoms with Crippen LogP contribution in [0, 0.1) is 41.5 Å². The Balaban J connectivity index is 1.65. The molecule has 0 N–H and O–H groups in total. The van der Waals surface area contributed by atoms with Crippen molar-refractivity contribution in [1.82, 2.24) is 4.90 Å². The van der Waals surface area contributed by atoms with E-state index in [2.05, 4.69) is 142 Å². The summed E-state index contributed by atoms with van der Waals surface area (Å²) in [6.45, 7) is 15.2. The molecule has 0 aliphatic carbocycles. The summed E-state index contributed by atoms with van der Waals surface area (Å²) in [5.74, 6) is 0. The highest BCUT2D eigenvalue weighted by atomic mass is 15.3. The van der Waals surface area contributed by atoms with Gasteiger partial charge in [0.05, 0.1) is 0 Å². The fraction of sp³-hybridized carbons (Fsp3) is 0.286. The van der Waals surface area contributed by atoms with Crippen LogP contribution in [0.3, 0.4) is 0 Å². The second-order valence-electron chi connectivity index (χ2n) is 10.9. The molecule has 0 saturated heterocycles. The van der Waals surface area contributed by atoms with Gasteiger partial charge in [0.2, 0.25) is 6.34 Å². The van der Waals surface area contributed by atoms with Crippen molar-refractivity contribution in [2.24, 2.45) is 0 Å². The maximum atomic E-state index is 2.58. The Morgan fingerprint density at radius 1 is 0.595 bits per heavy atom. The zero-order chi connectivity index (χ0) is 26.1. The molecule has 2 atom stereocenters. The first-order valence-corrected chi connectivity index (χ1v) is 13.4. The summed E-state index contributed by atoms with van der Waals surface area (Å²) in [6.07, 6.45) is 2.41. The highest BCUT2D eigenvalue weighted by Gasteiger charge is 2.44. The highest BCUT2D eigenvalue weighted by Crippen LogP contribution is 2.42. The van der Waals surface area contributed by atoms with Crippen LogP contribution in [0.5, 0.6) is 0 Å². The third-order valence-corrected chi connectivity index (χ3v) is 7.95. The Hall–Kier alpha value is -3.65. The number of hydrogen-bond donors (Lipinski definition) is 0. The first-order chi connectivity index (χ1) is 17.8. The maximum absolute atomic E-state index is 2.58. The van der Waals surface area contributed by atoms with E-state index in [9.17, 15) is 0 Å². The fourth-order valence-electron chi connectivity index (χ4n) is 6.31. The molecule has 4 aromatic rings. The third-order valence-electron chi connectivity index (χ3n) is 7.95. The molecular formula is C35H39N2+. The summed E-state index contributed by atoms with van der Waals surface area (Å²) in [4.78, 5) is 2.58. The Kier molecular flexibility index (Phi) is 7.02. The molecule has 0 fully saturated rings. The molecule has 188 valence electrons. The minimum atomic E-state index is 0.217. The highest BCUT2D eigenvalue weighted by molar-refractivity contribution is 5.56. The van der Waals surface area contributed by atoms with Crippen molar-refractivity contribution in [2.75, 3.05) is 0 Å². The normalized spacial score (nSPS) is 17.2. The molecule has 1 aliphatic heterocycles. The summed E-state index contributed by atoms with van der Waals surface area (Å²) >= 11 is 0. The Labute approximate surface area is 222 Å². The topological polar surface area (TPSA) is 6.25 Å². The van der Waals surface area contributed by atoms with Crippen molar-refractivity contribution in [1.29, 1.82) is 0 Å². The van der Waals surface area contributed by atoms with Gasteiger partial charge in [0.25, 0.3) is 0 Å². The number of benzene rings is 4. The monoisotopic (exact) mass is 487 g/mol. The van der Waals surface area contributed by atoms with Gasteiger partial charge >= 0.3 is 0 Å². The van der Waals surface area contributed by atoms with Gasteiger partial charge < -0.3 is 0 Å². The van der Waals surface area contributed by atoms with Crippen LogP contribution >= 0.6 is 0 Å². The summed E-state index contributed by atoms with van der Waals surface area (Å²) < 4.78 is 2.58. The zero-order valence-corrected chi connectivity index (χ0v) is 23.1. The van der Waals surface area contributed by atoms with E-state index in [1.165, 1.54) is 55.6 Å². The average molecular weight is 488 g/mol. The standard InChI is InChI=1S/C35H39N2/c1-24-17-26(3)32(27(4)18-24)21-36-23-37(22-33-28(5)19-25(2)20-29(33)6)35(31-15-11-8-12-16-31)34(36)30-13-9-7-10-14-30/h7-20,23,34-35H,21-22H2,1-6H3/q+1/t34-,35-/m0/s1. The van der Waals surface area contributed by atoms with E-state index in [1.807, 2.05) is 0 Å². The van der Waals surface area contributed by atoms with Gasteiger partial charge in [-0.25, -0.2) is 0 Å². The molecule has 0 saturated carbocycles. The molecule has 0 amide bonds. The molecular weight excluding hydrogens is 448 g/mol. The predicted molar refractivity (Wildman–Crippen MR) is 155 cm³/mol. The summed E-state index contributed by atoms with van der Waals surface area (Å²) in [7, 11) is 0. The Bertz CT molecular complexity index is 1390. The van der Waals surface area contributed by atoms with Crippen molar-refractivity contribution in [3.05, 3.63) is 141 Å². The minimum Gasteiger partial charge on any atom is -0.252 e. The van der Waals surface area contributed by atoms with Crippen molar-refractivity contribution < 1.29 is 4.58 Å². The maximum Gasteiger partial charge on any atom is 0.236 e. The lowest BCUT2D eigenvalue weighted by Crippen LogP contribution is -2.27. The lowest BCUT2D eigenvalue weighted by molar-refractivity contribution is -0.578. The predicted octanol–water partition coefficient (Wildman–Crippen LogP) is 8.08. The second kappa shape index (κ2) is 10.4. The summed E-state index contributed by atoms with van der Waals surface area (Å²) in [5, 5.41) is 0. The van der Waals surface area contributed by atoms with E-state index in [0.29, 0.717) is 0 Å². The van der Waals surface area contributed by atoms with Gasteiger partial charge in [0.15, 0.2) is 12.1 Å².